The van der Waals surface area contributed by atoms with Gasteiger partial charge in [0.2, 0.25) is 0 Å². The summed E-state index contributed by atoms with van der Waals surface area (Å²) in [5, 5.41) is 6.83. The molecule has 0 atom stereocenters. The van der Waals surface area contributed by atoms with Crippen molar-refractivity contribution in [2.45, 2.75) is 13.5 Å². The van der Waals surface area contributed by atoms with Gasteiger partial charge in [0.1, 0.15) is 5.82 Å². The van der Waals surface area contributed by atoms with Crippen LogP contribution in [0.25, 0.3) is 0 Å². The van der Waals surface area contributed by atoms with E-state index in [2.05, 4.69) is 31.2 Å². The summed E-state index contributed by atoms with van der Waals surface area (Å²) in [4.78, 5) is 8.53. The molecule has 0 aliphatic carbocycles. The fraction of sp³-hybridized carbons (Fsp3) is 0.200. The van der Waals surface area contributed by atoms with Gasteiger partial charge >= 0.3 is 0 Å². The summed E-state index contributed by atoms with van der Waals surface area (Å²) in [5.74, 6) is 0.676. The second kappa shape index (κ2) is 5.12. The van der Waals surface area contributed by atoms with Crippen molar-refractivity contribution in [3.8, 4) is 0 Å². The van der Waals surface area contributed by atoms with E-state index in [4.69, 9.17) is 11.6 Å². The zero-order valence-electron chi connectivity index (χ0n) is 8.50. The second-order valence-electron chi connectivity index (χ2n) is 3.20. The highest BCUT2D eigenvalue weighted by Gasteiger charge is 2.03. The number of thiazole rings is 1. The molecule has 0 aliphatic rings. The maximum Gasteiger partial charge on any atom is 0.145 e. The van der Waals surface area contributed by atoms with Crippen molar-refractivity contribution < 1.29 is 0 Å². The lowest BCUT2D eigenvalue weighted by molar-refractivity contribution is 1.04. The molecule has 84 valence electrons. The van der Waals surface area contributed by atoms with Crippen LogP contribution in [0, 0.1) is 6.92 Å². The molecule has 0 spiro atoms. The molecule has 2 rings (SSSR count). The van der Waals surface area contributed by atoms with Crippen molar-refractivity contribution in [2.24, 2.45) is 0 Å². The highest BCUT2D eigenvalue weighted by atomic mass is 79.9. The molecule has 0 saturated carbocycles. The summed E-state index contributed by atoms with van der Waals surface area (Å²) in [6, 6.07) is 1.81. The molecule has 0 bridgehead atoms. The van der Waals surface area contributed by atoms with Gasteiger partial charge in [0.05, 0.1) is 22.3 Å². The summed E-state index contributed by atoms with van der Waals surface area (Å²) < 4.78 is 0.868. The minimum absolute atomic E-state index is 0.598. The molecule has 2 aromatic heterocycles. The summed E-state index contributed by atoms with van der Waals surface area (Å²) >= 11 is 11.0. The first kappa shape index (κ1) is 11.8. The van der Waals surface area contributed by atoms with Crippen LogP contribution in [-0.4, -0.2) is 9.97 Å². The Kier molecular flexibility index (Phi) is 3.78. The summed E-state index contributed by atoms with van der Waals surface area (Å²) in [5.41, 5.74) is 1.00. The van der Waals surface area contributed by atoms with E-state index in [1.54, 1.807) is 17.5 Å². The number of hydrogen-bond acceptors (Lipinski definition) is 4. The first-order valence-electron chi connectivity index (χ1n) is 4.61. The molecule has 16 heavy (non-hydrogen) atoms. The van der Waals surface area contributed by atoms with Gasteiger partial charge < -0.3 is 5.32 Å². The van der Waals surface area contributed by atoms with E-state index in [0.717, 1.165) is 15.2 Å². The van der Waals surface area contributed by atoms with E-state index >= 15 is 0 Å². The normalized spacial score (nSPS) is 10.4. The van der Waals surface area contributed by atoms with Crippen molar-refractivity contribution in [1.29, 1.82) is 0 Å². The Morgan fingerprint density at radius 2 is 2.38 bits per heavy atom. The standard InChI is InChI=1S/C10H9BrClN3S/c1-6-15-8(5-16-6)4-14-10-9(12)2-7(11)3-13-10/h2-3,5H,4H2,1H3,(H,13,14). The van der Waals surface area contributed by atoms with Crippen molar-refractivity contribution in [3.63, 3.8) is 0 Å². The average molecular weight is 319 g/mol. The van der Waals surface area contributed by atoms with Gasteiger partial charge in [0.25, 0.3) is 0 Å². The molecule has 0 aliphatic heterocycles. The topological polar surface area (TPSA) is 37.8 Å². The van der Waals surface area contributed by atoms with E-state index in [9.17, 15) is 0 Å². The van der Waals surface area contributed by atoms with Crippen LogP contribution >= 0.6 is 38.9 Å². The van der Waals surface area contributed by atoms with Crippen LogP contribution in [0.2, 0.25) is 5.02 Å². The van der Waals surface area contributed by atoms with Crippen LogP contribution in [0.15, 0.2) is 22.1 Å². The number of hydrogen-bond donors (Lipinski definition) is 1. The Bertz CT molecular complexity index is 501. The molecule has 0 saturated heterocycles. The number of pyridine rings is 1. The minimum Gasteiger partial charge on any atom is -0.363 e. The summed E-state index contributed by atoms with van der Waals surface area (Å²) in [6.45, 7) is 2.62. The Morgan fingerprint density at radius 3 is 3.00 bits per heavy atom. The molecular weight excluding hydrogens is 310 g/mol. The number of rotatable bonds is 3. The number of aryl methyl sites for hydroxylation is 1. The van der Waals surface area contributed by atoms with Crippen molar-refractivity contribution >= 4 is 44.7 Å². The predicted octanol–water partition coefficient (Wildman–Crippen LogP) is 3.87. The Balaban J connectivity index is 2.04. The van der Waals surface area contributed by atoms with Crippen LogP contribution in [-0.2, 0) is 6.54 Å². The molecule has 6 heteroatoms. The lowest BCUT2D eigenvalue weighted by Crippen LogP contribution is -2.02. The van der Waals surface area contributed by atoms with Crippen molar-refractivity contribution in [1.82, 2.24) is 9.97 Å². The summed E-state index contributed by atoms with van der Waals surface area (Å²) in [7, 11) is 0. The fourth-order valence-electron chi connectivity index (χ4n) is 1.21. The SMILES string of the molecule is Cc1nc(CNc2ncc(Br)cc2Cl)cs1. The van der Waals surface area contributed by atoms with Gasteiger partial charge in [-0.25, -0.2) is 9.97 Å². The lowest BCUT2D eigenvalue weighted by Gasteiger charge is -2.05. The summed E-state index contributed by atoms with van der Waals surface area (Å²) in [6.07, 6.45) is 1.71. The molecule has 0 aromatic carbocycles. The van der Waals surface area contributed by atoms with Crippen LogP contribution in [0.4, 0.5) is 5.82 Å². The third kappa shape index (κ3) is 2.93. The molecule has 1 N–H and O–H groups in total. The number of anilines is 1. The first-order valence-corrected chi connectivity index (χ1v) is 6.66. The molecule has 2 heterocycles. The average Bonchev–Trinajstić information content (AvgIpc) is 2.63. The van der Waals surface area contributed by atoms with E-state index in [1.165, 1.54) is 0 Å². The molecule has 3 nitrogen and oxygen atoms in total. The maximum absolute atomic E-state index is 6.03. The molecule has 0 fully saturated rings. The third-order valence-electron chi connectivity index (χ3n) is 1.91. The van der Waals surface area contributed by atoms with E-state index in [0.29, 0.717) is 17.4 Å². The fourth-order valence-corrected chi connectivity index (χ4v) is 2.52. The number of nitrogens with one attached hydrogen (secondary N) is 1. The zero-order valence-corrected chi connectivity index (χ0v) is 11.7. The van der Waals surface area contributed by atoms with Gasteiger partial charge in [-0.1, -0.05) is 11.6 Å². The zero-order chi connectivity index (χ0) is 11.5. The number of nitrogens with zero attached hydrogens (tertiary/aromatic N) is 2. The molecule has 2 aromatic rings. The number of aromatic nitrogens is 2. The number of halogens is 2. The quantitative estimate of drug-likeness (QED) is 0.933. The third-order valence-corrected chi connectivity index (χ3v) is 3.46. The highest BCUT2D eigenvalue weighted by molar-refractivity contribution is 9.10. The first-order chi connectivity index (χ1) is 7.65. The largest absolute Gasteiger partial charge is 0.363 e. The molecular formula is C10H9BrClN3S. The van der Waals surface area contributed by atoms with Crippen LogP contribution in [0.5, 0.6) is 0 Å². The van der Waals surface area contributed by atoms with Crippen LogP contribution < -0.4 is 5.32 Å². The van der Waals surface area contributed by atoms with Gasteiger partial charge in [0.15, 0.2) is 0 Å². The minimum atomic E-state index is 0.598. The van der Waals surface area contributed by atoms with Gasteiger partial charge in [-0.3, -0.25) is 0 Å². The predicted molar refractivity (Wildman–Crippen MR) is 71.1 cm³/mol. The molecule has 0 unspecified atom stereocenters. The van der Waals surface area contributed by atoms with E-state index in [1.807, 2.05) is 18.4 Å². The smallest absolute Gasteiger partial charge is 0.145 e. The Labute approximate surface area is 111 Å². The monoisotopic (exact) mass is 317 g/mol. The Morgan fingerprint density at radius 1 is 1.56 bits per heavy atom. The van der Waals surface area contributed by atoms with E-state index < -0.39 is 0 Å². The Hall–Kier alpha value is -0.650. The maximum atomic E-state index is 6.03. The van der Waals surface area contributed by atoms with Gasteiger partial charge in [0, 0.05) is 16.0 Å². The lowest BCUT2D eigenvalue weighted by atomic mass is 10.4. The van der Waals surface area contributed by atoms with E-state index in [-0.39, 0.29) is 0 Å². The van der Waals surface area contributed by atoms with Gasteiger partial charge in [-0.15, -0.1) is 11.3 Å². The van der Waals surface area contributed by atoms with Crippen molar-refractivity contribution in [2.75, 3.05) is 5.32 Å². The van der Waals surface area contributed by atoms with Gasteiger partial charge in [-0.05, 0) is 28.9 Å². The molecule has 0 radical (unpaired) electrons. The van der Waals surface area contributed by atoms with Crippen molar-refractivity contribution in [3.05, 3.63) is 37.8 Å². The van der Waals surface area contributed by atoms with Crippen LogP contribution in [0.3, 0.4) is 0 Å². The van der Waals surface area contributed by atoms with Crippen LogP contribution in [0.1, 0.15) is 10.7 Å². The molecule has 0 amide bonds. The second-order valence-corrected chi connectivity index (χ2v) is 5.58. The highest BCUT2D eigenvalue weighted by Crippen LogP contribution is 2.23. The van der Waals surface area contributed by atoms with Gasteiger partial charge in [-0.2, -0.15) is 0 Å².